The highest BCUT2D eigenvalue weighted by Gasteiger charge is 2.28. The van der Waals surface area contributed by atoms with Gasteiger partial charge in [0.05, 0.1) is 31.6 Å². The Bertz CT molecular complexity index is 958. The average molecular weight is 396 g/mol. The maximum absolute atomic E-state index is 9.99. The zero-order valence-corrected chi connectivity index (χ0v) is 16.9. The second kappa shape index (κ2) is 8.34. The van der Waals surface area contributed by atoms with E-state index in [4.69, 9.17) is 9.97 Å². The molecular formula is C21H28N6O2. The van der Waals surface area contributed by atoms with Crippen LogP contribution >= 0.6 is 0 Å². The molecule has 3 N–H and O–H groups in total. The van der Waals surface area contributed by atoms with Gasteiger partial charge in [-0.25, -0.2) is 4.98 Å². The van der Waals surface area contributed by atoms with Crippen LogP contribution in [0.25, 0.3) is 11.2 Å². The summed E-state index contributed by atoms with van der Waals surface area (Å²) in [6.07, 6.45) is 3.71. The molecule has 4 rings (SSSR count). The van der Waals surface area contributed by atoms with Crippen LogP contribution < -0.4 is 10.2 Å². The third-order valence-corrected chi connectivity index (χ3v) is 5.51. The van der Waals surface area contributed by atoms with Crippen LogP contribution in [0.2, 0.25) is 0 Å². The molecule has 0 amide bonds. The van der Waals surface area contributed by atoms with Crippen molar-refractivity contribution in [1.29, 1.82) is 0 Å². The van der Waals surface area contributed by atoms with Gasteiger partial charge in [0, 0.05) is 12.6 Å². The molecule has 2 aromatic heterocycles. The Labute approximate surface area is 170 Å². The van der Waals surface area contributed by atoms with E-state index in [0.29, 0.717) is 17.3 Å². The summed E-state index contributed by atoms with van der Waals surface area (Å²) in [5, 5.41) is 23.1. The summed E-state index contributed by atoms with van der Waals surface area (Å²) in [4.78, 5) is 16.2. The summed E-state index contributed by atoms with van der Waals surface area (Å²) < 4.78 is 2.02. The number of nitrogens with one attached hydrogen (secondary N) is 1. The van der Waals surface area contributed by atoms with Crippen molar-refractivity contribution in [3.8, 4) is 0 Å². The molecule has 154 valence electrons. The Balaban J connectivity index is 1.79. The molecule has 1 aromatic carbocycles. The predicted octanol–water partition coefficient (Wildman–Crippen LogP) is 2.51. The Morgan fingerprint density at radius 1 is 1.17 bits per heavy atom. The van der Waals surface area contributed by atoms with Gasteiger partial charge in [-0.2, -0.15) is 9.97 Å². The van der Waals surface area contributed by atoms with Crippen LogP contribution in [0.3, 0.4) is 0 Å². The minimum atomic E-state index is -0.307. The van der Waals surface area contributed by atoms with Gasteiger partial charge in [0.15, 0.2) is 17.0 Å². The van der Waals surface area contributed by atoms with Gasteiger partial charge in [0.25, 0.3) is 0 Å². The Hall–Kier alpha value is -2.71. The number of benzene rings is 1. The van der Waals surface area contributed by atoms with Gasteiger partial charge in [-0.1, -0.05) is 30.3 Å². The summed E-state index contributed by atoms with van der Waals surface area (Å²) in [5.74, 6) is 1.18. The summed E-state index contributed by atoms with van der Waals surface area (Å²) >= 11 is 0. The van der Waals surface area contributed by atoms with Crippen LogP contribution in [-0.2, 0) is 0 Å². The first-order chi connectivity index (χ1) is 14.1. The van der Waals surface area contributed by atoms with Crippen molar-refractivity contribution in [2.24, 2.45) is 0 Å². The third kappa shape index (κ3) is 3.77. The molecule has 0 bridgehead atoms. The topological polar surface area (TPSA) is 99.3 Å². The van der Waals surface area contributed by atoms with Gasteiger partial charge in [0.2, 0.25) is 5.95 Å². The first kappa shape index (κ1) is 19.6. The Kier molecular flexibility index (Phi) is 5.64. The molecule has 2 atom stereocenters. The lowest BCUT2D eigenvalue weighted by Gasteiger charge is -2.24. The molecule has 3 heterocycles. The highest BCUT2D eigenvalue weighted by Crippen LogP contribution is 2.30. The lowest BCUT2D eigenvalue weighted by atomic mass is 10.1. The number of anilines is 2. The van der Waals surface area contributed by atoms with Gasteiger partial charge in [-0.15, -0.1) is 0 Å². The molecule has 1 fully saturated rings. The largest absolute Gasteiger partial charge is 0.394 e. The number of hydrogen-bond donors (Lipinski definition) is 3. The van der Waals surface area contributed by atoms with Gasteiger partial charge in [-0.05, 0) is 32.3 Å². The van der Waals surface area contributed by atoms with Crippen molar-refractivity contribution in [2.75, 3.05) is 30.0 Å². The van der Waals surface area contributed by atoms with Crippen LogP contribution in [0.4, 0.5) is 11.8 Å². The fraction of sp³-hybridized carbons (Fsp3) is 0.476. The van der Waals surface area contributed by atoms with Crippen LogP contribution in [0.15, 0.2) is 36.7 Å². The van der Waals surface area contributed by atoms with Gasteiger partial charge in [-0.3, -0.25) is 0 Å². The summed E-state index contributed by atoms with van der Waals surface area (Å²) in [5.41, 5.74) is 2.40. The molecule has 0 unspecified atom stereocenters. The Morgan fingerprint density at radius 3 is 2.66 bits per heavy atom. The molecule has 1 saturated heterocycles. The molecule has 0 aliphatic carbocycles. The highest BCUT2D eigenvalue weighted by atomic mass is 16.3. The number of fused-ring (bicyclic) bond motifs is 1. The number of aliphatic hydroxyl groups excluding tert-OH is 2. The smallest absolute Gasteiger partial charge is 0.229 e. The predicted molar refractivity (Wildman–Crippen MR) is 113 cm³/mol. The lowest BCUT2D eigenvalue weighted by Crippen LogP contribution is -2.33. The monoisotopic (exact) mass is 396 g/mol. The van der Waals surface area contributed by atoms with Gasteiger partial charge >= 0.3 is 0 Å². The molecule has 0 spiro atoms. The van der Waals surface area contributed by atoms with Crippen LogP contribution in [0, 0.1) is 0 Å². The summed E-state index contributed by atoms with van der Waals surface area (Å²) in [7, 11) is 0. The van der Waals surface area contributed by atoms with E-state index in [1.807, 2.05) is 34.9 Å². The molecule has 0 radical (unpaired) electrons. The van der Waals surface area contributed by atoms with Crippen molar-refractivity contribution >= 4 is 22.9 Å². The normalized spacial score (nSPS) is 18.0. The van der Waals surface area contributed by atoms with Crippen LogP contribution in [0.5, 0.6) is 0 Å². The molecule has 8 nitrogen and oxygen atoms in total. The number of nitrogens with zero attached hydrogens (tertiary/aromatic N) is 5. The number of aromatic nitrogens is 4. The number of rotatable bonds is 7. The van der Waals surface area contributed by atoms with Crippen molar-refractivity contribution in [3.05, 3.63) is 42.2 Å². The summed E-state index contributed by atoms with van der Waals surface area (Å²) in [6.45, 7) is 5.00. The zero-order valence-electron chi connectivity index (χ0n) is 16.9. The van der Waals surface area contributed by atoms with E-state index in [1.165, 1.54) is 0 Å². The molecular weight excluding hydrogens is 368 g/mol. The highest BCUT2D eigenvalue weighted by molar-refractivity contribution is 5.84. The second-order valence-corrected chi connectivity index (χ2v) is 7.75. The quantitative estimate of drug-likeness (QED) is 0.564. The van der Waals surface area contributed by atoms with E-state index >= 15 is 0 Å². The standard InChI is InChI=1S/C21H28N6O2/c1-14(2)27-13-22-18-19(23-17(12-29)15-7-4-3-5-8-15)24-21(25-20(18)27)26-10-6-9-16(26)11-28/h3-5,7-8,13-14,16-17,28-29H,6,9-12H2,1-2H3,(H,23,24,25)/t16-,17-/m1/s1. The minimum absolute atomic E-state index is 0.0264. The molecule has 1 aliphatic rings. The fourth-order valence-corrected chi connectivity index (χ4v) is 3.89. The first-order valence-corrected chi connectivity index (χ1v) is 10.2. The molecule has 0 saturated carbocycles. The molecule has 3 aromatic rings. The average Bonchev–Trinajstić information content (AvgIpc) is 3.39. The Morgan fingerprint density at radius 2 is 1.97 bits per heavy atom. The maximum Gasteiger partial charge on any atom is 0.229 e. The summed E-state index contributed by atoms with van der Waals surface area (Å²) in [6, 6.07) is 9.72. The van der Waals surface area contributed by atoms with E-state index in [-0.39, 0.29) is 31.3 Å². The zero-order chi connectivity index (χ0) is 20.4. The molecule has 29 heavy (non-hydrogen) atoms. The minimum Gasteiger partial charge on any atom is -0.394 e. The molecule has 1 aliphatic heterocycles. The third-order valence-electron chi connectivity index (χ3n) is 5.51. The SMILES string of the molecule is CC(C)n1cnc2c(N[C@H](CO)c3ccccc3)nc(N3CCC[C@@H]3CO)nc21. The first-order valence-electron chi connectivity index (χ1n) is 10.2. The van der Waals surface area contributed by atoms with Crippen molar-refractivity contribution in [1.82, 2.24) is 19.5 Å². The van der Waals surface area contributed by atoms with Crippen molar-refractivity contribution < 1.29 is 10.2 Å². The van der Waals surface area contributed by atoms with E-state index in [1.54, 1.807) is 6.33 Å². The van der Waals surface area contributed by atoms with E-state index in [2.05, 4.69) is 29.0 Å². The van der Waals surface area contributed by atoms with Gasteiger partial charge in [0.1, 0.15) is 0 Å². The lowest BCUT2D eigenvalue weighted by molar-refractivity contribution is 0.265. The molecule has 8 heteroatoms. The van der Waals surface area contributed by atoms with Crippen LogP contribution in [-0.4, -0.2) is 55.5 Å². The fourth-order valence-electron chi connectivity index (χ4n) is 3.89. The second-order valence-electron chi connectivity index (χ2n) is 7.75. The van der Waals surface area contributed by atoms with E-state index in [9.17, 15) is 10.2 Å². The van der Waals surface area contributed by atoms with E-state index < -0.39 is 0 Å². The number of aliphatic hydroxyl groups is 2. The number of imidazole rings is 1. The maximum atomic E-state index is 9.99. The van der Waals surface area contributed by atoms with Crippen molar-refractivity contribution in [3.63, 3.8) is 0 Å². The van der Waals surface area contributed by atoms with Gasteiger partial charge < -0.3 is 25.0 Å². The van der Waals surface area contributed by atoms with Crippen molar-refractivity contribution in [2.45, 2.75) is 44.8 Å². The van der Waals surface area contributed by atoms with E-state index in [0.717, 1.165) is 30.6 Å². The van der Waals surface area contributed by atoms with Crippen LogP contribution in [0.1, 0.15) is 44.3 Å². The number of hydrogen-bond acceptors (Lipinski definition) is 7.